The number of carbonyl (C=O) groups is 2. The number of carboxylic acids is 1. The molecule has 2 aliphatic heterocycles. The predicted molar refractivity (Wildman–Crippen MR) is 79.6 cm³/mol. The molecule has 1 aromatic rings. The van der Waals surface area contributed by atoms with Crippen molar-refractivity contribution in [1.82, 2.24) is 5.32 Å². The molecule has 3 unspecified atom stereocenters. The second-order valence-electron chi connectivity index (χ2n) is 5.31. The fraction of sp³-hybridized carbons (Fsp3) is 0.429. The third-order valence-corrected chi connectivity index (χ3v) is 4.54. The van der Waals surface area contributed by atoms with E-state index in [9.17, 15) is 9.59 Å². The quantitative estimate of drug-likeness (QED) is 0.778. The average Bonchev–Trinajstić information content (AvgIpc) is 3.03. The summed E-state index contributed by atoms with van der Waals surface area (Å²) in [6.07, 6.45) is 3.33. The number of aromatic carboxylic acids is 1. The van der Waals surface area contributed by atoms with Crippen LogP contribution in [-0.4, -0.2) is 35.4 Å². The van der Waals surface area contributed by atoms with Gasteiger partial charge in [0.2, 0.25) is 0 Å². The first-order valence-electron chi connectivity index (χ1n) is 6.79. The van der Waals surface area contributed by atoms with E-state index in [1.54, 1.807) is 6.07 Å². The number of halogens is 1. The maximum absolute atomic E-state index is 12.0. The highest BCUT2D eigenvalue weighted by Gasteiger charge is 2.41. The number of benzene rings is 1. The van der Waals surface area contributed by atoms with Gasteiger partial charge in [0.05, 0.1) is 29.5 Å². The molecule has 2 saturated heterocycles. The minimum atomic E-state index is -1.01. The molecule has 0 aliphatic carbocycles. The fourth-order valence-corrected chi connectivity index (χ4v) is 3.34. The molecule has 0 saturated carbocycles. The van der Waals surface area contributed by atoms with Crippen LogP contribution in [0.1, 0.15) is 29.6 Å². The molecule has 0 spiro atoms. The lowest BCUT2D eigenvalue weighted by Gasteiger charge is -2.20. The zero-order valence-corrected chi connectivity index (χ0v) is 12.7. The second-order valence-corrected chi connectivity index (χ2v) is 6.17. The van der Waals surface area contributed by atoms with Crippen molar-refractivity contribution in [2.75, 3.05) is 5.32 Å². The number of ether oxygens (including phenoxy) is 1. The maximum atomic E-state index is 12.0. The number of hydrogen-bond donors (Lipinski definition) is 3. The van der Waals surface area contributed by atoms with Crippen molar-refractivity contribution in [2.24, 2.45) is 0 Å². The number of carbonyl (C=O) groups excluding carboxylic acids is 1. The van der Waals surface area contributed by atoms with E-state index in [1.807, 2.05) is 0 Å². The molecule has 112 valence electrons. The molecule has 21 heavy (non-hydrogen) atoms. The lowest BCUT2D eigenvalue weighted by molar-refractivity contribution is 0.0697. The van der Waals surface area contributed by atoms with Gasteiger partial charge in [0, 0.05) is 4.47 Å². The van der Waals surface area contributed by atoms with Crippen LogP contribution in [0, 0.1) is 0 Å². The molecule has 0 aromatic heterocycles. The first-order chi connectivity index (χ1) is 10.0. The van der Waals surface area contributed by atoms with Crippen LogP contribution in [0.25, 0.3) is 0 Å². The van der Waals surface area contributed by atoms with Gasteiger partial charge in [-0.1, -0.05) is 0 Å². The van der Waals surface area contributed by atoms with E-state index in [1.165, 1.54) is 12.1 Å². The van der Waals surface area contributed by atoms with Crippen molar-refractivity contribution >= 4 is 33.6 Å². The molecule has 2 aliphatic rings. The van der Waals surface area contributed by atoms with Gasteiger partial charge in [0.15, 0.2) is 0 Å². The molecule has 3 atom stereocenters. The molecule has 7 heteroatoms. The van der Waals surface area contributed by atoms with Crippen molar-refractivity contribution in [2.45, 2.75) is 37.5 Å². The molecule has 2 bridgehead atoms. The van der Waals surface area contributed by atoms with Crippen LogP contribution >= 0.6 is 15.9 Å². The number of urea groups is 1. The zero-order valence-electron chi connectivity index (χ0n) is 11.1. The summed E-state index contributed by atoms with van der Waals surface area (Å²) in [5.41, 5.74) is 0.691. The molecule has 6 nitrogen and oxygen atoms in total. The number of hydrogen-bond acceptors (Lipinski definition) is 3. The summed E-state index contributed by atoms with van der Waals surface area (Å²) >= 11 is 3.26. The number of anilines is 1. The summed E-state index contributed by atoms with van der Waals surface area (Å²) in [5, 5.41) is 14.5. The summed E-state index contributed by atoms with van der Waals surface area (Å²) in [5.74, 6) is -1.01. The van der Waals surface area contributed by atoms with Crippen LogP contribution in [0.3, 0.4) is 0 Å². The van der Waals surface area contributed by atoms with Crippen LogP contribution in [0.4, 0.5) is 10.5 Å². The lowest BCUT2D eigenvalue weighted by Crippen LogP contribution is -2.43. The Hall–Kier alpha value is -1.60. The number of fused-ring (bicyclic) bond motifs is 2. The van der Waals surface area contributed by atoms with E-state index in [-0.39, 0.29) is 29.8 Å². The van der Waals surface area contributed by atoms with E-state index in [4.69, 9.17) is 9.84 Å². The van der Waals surface area contributed by atoms with Gasteiger partial charge in [-0.15, -0.1) is 0 Å². The molecule has 0 radical (unpaired) electrons. The van der Waals surface area contributed by atoms with Crippen LogP contribution in [0.15, 0.2) is 22.7 Å². The Morgan fingerprint density at radius 3 is 2.71 bits per heavy atom. The van der Waals surface area contributed by atoms with E-state index >= 15 is 0 Å². The van der Waals surface area contributed by atoms with Gasteiger partial charge in [0.25, 0.3) is 0 Å². The normalized spacial score (nSPS) is 26.6. The van der Waals surface area contributed by atoms with E-state index in [0.29, 0.717) is 10.2 Å². The van der Waals surface area contributed by atoms with Crippen LogP contribution in [-0.2, 0) is 4.74 Å². The Labute approximate surface area is 130 Å². The number of rotatable bonds is 3. The number of amides is 2. The molecule has 3 N–H and O–H groups in total. The van der Waals surface area contributed by atoms with Gasteiger partial charge < -0.3 is 20.5 Å². The Morgan fingerprint density at radius 2 is 2.14 bits per heavy atom. The van der Waals surface area contributed by atoms with Gasteiger partial charge in [0.1, 0.15) is 0 Å². The molecular weight excluding hydrogens is 340 g/mol. The molecule has 2 amide bonds. The third-order valence-electron chi connectivity index (χ3n) is 3.89. The Balaban J connectivity index is 1.61. The topological polar surface area (TPSA) is 87.7 Å². The maximum Gasteiger partial charge on any atom is 0.335 e. The Kier molecular flexibility index (Phi) is 3.86. The summed E-state index contributed by atoms with van der Waals surface area (Å²) in [6.45, 7) is 0. The molecule has 3 rings (SSSR count). The summed E-state index contributed by atoms with van der Waals surface area (Å²) < 4.78 is 6.21. The Bertz CT molecular complexity index is 592. The summed E-state index contributed by atoms with van der Waals surface area (Å²) in [6, 6.07) is 4.22. The van der Waals surface area contributed by atoms with Crippen molar-refractivity contribution in [3.05, 3.63) is 28.2 Å². The van der Waals surface area contributed by atoms with Gasteiger partial charge in [-0.05, 0) is 53.4 Å². The fourth-order valence-electron chi connectivity index (χ4n) is 2.87. The van der Waals surface area contributed by atoms with Gasteiger partial charge >= 0.3 is 12.0 Å². The first-order valence-corrected chi connectivity index (χ1v) is 7.58. The highest BCUT2D eigenvalue weighted by molar-refractivity contribution is 9.10. The second kappa shape index (κ2) is 5.65. The highest BCUT2D eigenvalue weighted by atomic mass is 79.9. The van der Waals surface area contributed by atoms with Gasteiger partial charge in [-0.2, -0.15) is 0 Å². The Morgan fingerprint density at radius 1 is 1.33 bits per heavy atom. The van der Waals surface area contributed by atoms with E-state index < -0.39 is 5.97 Å². The van der Waals surface area contributed by atoms with Gasteiger partial charge in [-0.25, -0.2) is 9.59 Å². The largest absolute Gasteiger partial charge is 0.478 e. The van der Waals surface area contributed by atoms with Crippen molar-refractivity contribution < 1.29 is 19.4 Å². The smallest absolute Gasteiger partial charge is 0.335 e. The van der Waals surface area contributed by atoms with E-state index in [2.05, 4.69) is 26.6 Å². The lowest BCUT2D eigenvalue weighted by atomic mass is 9.96. The highest BCUT2D eigenvalue weighted by Crippen LogP contribution is 2.34. The number of carboxylic acid groups (broad SMARTS) is 1. The molecule has 1 aromatic carbocycles. The van der Waals surface area contributed by atoms with Crippen molar-refractivity contribution in [3.63, 3.8) is 0 Å². The van der Waals surface area contributed by atoms with Crippen LogP contribution < -0.4 is 10.6 Å². The van der Waals surface area contributed by atoms with E-state index in [0.717, 1.165) is 19.3 Å². The standard InChI is InChI=1S/C14H15BrN2O4/c15-9-5-7(13(18)19)1-3-10(9)16-14(20)17-11-6-8-2-4-12(11)21-8/h1,3,5,8,11-12H,2,4,6H2,(H,18,19)(H2,16,17,20). The first kappa shape index (κ1) is 14.3. The van der Waals surface area contributed by atoms with Crippen LogP contribution in [0.2, 0.25) is 0 Å². The van der Waals surface area contributed by atoms with Crippen LogP contribution in [0.5, 0.6) is 0 Å². The summed E-state index contributed by atoms with van der Waals surface area (Å²) in [7, 11) is 0. The SMILES string of the molecule is O=C(Nc1ccc(C(=O)O)cc1Br)NC1CC2CCC1O2. The minimum absolute atomic E-state index is 0.0563. The van der Waals surface area contributed by atoms with Gasteiger partial charge in [-0.3, -0.25) is 0 Å². The minimum Gasteiger partial charge on any atom is -0.478 e. The monoisotopic (exact) mass is 354 g/mol. The average molecular weight is 355 g/mol. The predicted octanol–water partition coefficient (Wildman–Crippen LogP) is 2.59. The van der Waals surface area contributed by atoms with Crippen molar-refractivity contribution in [1.29, 1.82) is 0 Å². The van der Waals surface area contributed by atoms with Crippen molar-refractivity contribution in [3.8, 4) is 0 Å². The zero-order chi connectivity index (χ0) is 15.0. The third kappa shape index (κ3) is 3.03. The molecule has 2 fully saturated rings. The molecular formula is C14H15BrN2O4. The summed E-state index contributed by atoms with van der Waals surface area (Å²) in [4.78, 5) is 22.9. The number of nitrogens with one attached hydrogen (secondary N) is 2. The molecule has 2 heterocycles.